The van der Waals surface area contributed by atoms with Crippen molar-refractivity contribution in [2.24, 2.45) is 0 Å². The van der Waals surface area contributed by atoms with Crippen molar-refractivity contribution in [3.8, 4) is 17.2 Å². The Morgan fingerprint density at radius 2 is 1.67 bits per heavy atom. The molecule has 0 radical (unpaired) electrons. The zero-order chi connectivity index (χ0) is 26.2. The third kappa shape index (κ3) is 5.88. The zero-order valence-electron chi connectivity index (χ0n) is 19.4. The predicted octanol–water partition coefficient (Wildman–Crippen LogP) is 3.26. The van der Waals surface area contributed by atoms with Crippen molar-refractivity contribution in [1.82, 2.24) is 0 Å². The lowest BCUT2D eigenvalue weighted by molar-refractivity contribution is -0.384. The van der Waals surface area contributed by atoms with Gasteiger partial charge in [0.25, 0.3) is 17.5 Å². The van der Waals surface area contributed by atoms with E-state index in [1.54, 1.807) is 0 Å². The number of ether oxygens (including phenoxy) is 4. The number of hydrogen-bond donors (Lipinski definition) is 2. The monoisotopic (exact) mass is 499 g/mol. The second-order valence-electron chi connectivity index (χ2n) is 6.95. The molecule has 3 aromatic rings. The van der Waals surface area contributed by atoms with Crippen LogP contribution >= 0.6 is 0 Å². The largest absolute Gasteiger partial charge is 0.496 e. The van der Waals surface area contributed by atoms with E-state index in [0.29, 0.717) is 0 Å². The maximum atomic E-state index is 12.8. The number of carbonyl (C=O) groups excluding carboxylic acids is 3. The number of hydrogen-bond acceptors (Lipinski definition) is 10. The average Bonchev–Trinajstić information content (AvgIpc) is 3.42. The molecule has 0 unspecified atom stereocenters. The van der Waals surface area contributed by atoms with E-state index in [4.69, 9.17) is 23.4 Å². The molecule has 13 nitrogen and oxygen atoms in total. The van der Waals surface area contributed by atoms with Crippen LogP contribution in [-0.4, -0.2) is 50.6 Å². The molecule has 0 atom stereocenters. The van der Waals surface area contributed by atoms with Gasteiger partial charge >= 0.3 is 5.97 Å². The Labute approximate surface area is 204 Å². The van der Waals surface area contributed by atoms with Crippen LogP contribution in [0.5, 0.6) is 17.2 Å². The number of anilines is 2. The minimum Gasteiger partial charge on any atom is -0.496 e. The summed E-state index contributed by atoms with van der Waals surface area (Å²) < 4.78 is 25.5. The van der Waals surface area contributed by atoms with Crippen LogP contribution in [0.1, 0.15) is 20.9 Å². The van der Waals surface area contributed by atoms with E-state index >= 15 is 0 Å². The van der Waals surface area contributed by atoms with Gasteiger partial charge in [-0.15, -0.1) is 0 Å². The molecule has 0 fully saturated rings. The number of carbonyl (C=O) groups is 3. The first kappa shape index (κ1) is 25.6. The fourth-order valence-electron chi connectivity index (χ4n) is 3.03. The summed E-state index contributed by atoms with van der Waals surface area (Å²) in [5, 5.41) is 16.1. The molecule has 0 spiro atoms. The molecule has 1 heterocycles. The number of rotatable bonds is 10. The minimum absolute atomic E-state index is 0.00486. The number of nitro groups is 1. The highest BCUT2D eigenvalue weighted by Gasteiger charge is 2.23. The molecule has 2 amide bonds. The second-order valence-corrected chi connectivity index (χ2v) is 6.95. The van der Waals surface area contributed by atoms with E-state index in [9.17, 15) is 24.5 Å². The molecular weight excluding hydrogens is 478 g/mol. The summed E-state index contributed by atoms with van der Waals surface area (Å²) in [6.07, 6.45) is 1.31. The van der Waals surface area contributed by atoms with Gasteiger partial charge in [0.15, 0.2) is 23.9 Å². The van der Waals surface area contributed by atoms with E-state index in [1.807, 2.05) is 0 Å². The second kappa shape index (κ2) is 11.4. The summed E-state index contributed by atoms with van der Waals surface area (Å²) in [5.41, 5.74) is -0.655. The molecule has 188 valence electrons. The molecule has 3 rings (SSSR count). The van der Waals surface area contributed by atoms with Crippen LogP contribution in [0.25, 0.3) is 0 Å². The quantitative estimate of drug-likeness (QED) is 0.240. The van der Waals surface area contributed by atoms with Crippen LogP contribution in [0.2, 0.25) is 0 Å². The van der Waals surface area contributed by atoms with Gasteiger partial charge in [0.05, 0.1) is 49.8 Å². The molecule has 0 saturated heterocycles. The highest BCUT2D eigenvalue weighted by Crippen LogP contribution is 2.34. The van der Waals surface area contributed by atoms with Gasteiger partial charge in [0.1, 0.15) is 11.4 Å². The summed E-state index contributed by atoms with van der Waals surface area (Å²) in [7, 11) is 4.07. The van der Waals surface area contributed by atoms with Gasteiger partial charge < -0.3 is 34.0 Å². The molecule has 36 heavy (non-hydrogen) atoms. The number of benzene rings is 2. The first-order valence-electron chi connectivity index (χ1n) is 10.2. The highest BCUT2D eigenvalue weighted by atomic mass is 16.6. The third-order valence-electron chi connectivity index (χ3n) is 4.75. The number of nitrogens with zero attached hydrogens (tertiary/aromatic N) is 1. The molecule has 2 aromatic carbocycles. The molecule has 0 aliphatic carbocycles. The fraction of sp³-hybridized carbons (Fsp3) is 0.174. The SMILES string of the molecule is COc1ccc(NC(=O)COC(=O)c2cc(OC)c(OC)cc2NC(=O)c2ccco2)c([N+](=O)[O-])c1. The molecular formula is C23H21N3O10. The topological polar surface area (TPSA) is 168 Å². The first-order chi connectivity index (χ1) is 17.3. The Morgan fingerprint density at radius 1 is 0.944 bits per heavy atom. The van der Waals surface area contributed by atoms with Crippen molar-refractivity contribution in [1.29, 1.82) is 0 Å². The molecule has 0 aliphatic heterocycles. The summed E-state index contributed by atoms with van der Waals surface area (Å²) in [6, 6.07) is 9.40. The summed E-state index contributed by atoms with van der Waals surface area (Å²) in [4.78, 5) is 48.2. The normalized spacial score (nSPS) is 10.2. The number of nitro benzene ring substituents is 1. The van der Waals surface area contributed by atoms with Crippen molar-refractivity contribution < 1.29 is 42.7 Å². The van der Waals surface area contributed by atoms with Gasteiger partial charge in [-0.05, 0) is 24.3 Å². The van der Waals surface area contributed by atoms with Crippen molar-refractivity contribution in [3.63, 3.8) is 0 Å². The van der Waals surface area contributed by atoms with Gasteiger partial charge in [-0.2, -0.15) is 0 Å². The lowest BCUT2D eigenvalue weighted by Gasteiger charge is -2.15. The number of esters is 1. The Morgan fingerprint density at radius 3 is 2.28 bits per heavy atom. The Bertz CT molecular complexity index is 1290. The van der Waals surface area contributed by atoms with E-state index < -0.39 is 35.0 Å². The van der Waals surface area contributed by atoms with Gasteiger partial charge in [0, 0.05) is 12.1 Å². The third-order valence-corrected chi connectivity index (χ3v) is 4.75. The minimum atomic E-state index is -0.981. The summed E-state index contributed by atoms with van der Waals surface area (Å²) in [6.45, 7) is -0.776. The van der Waals surface area contributed by atoms with E-state index in [-0.39, 0.29) is 39.9 Å². The van der Waals surface area contributed by atoms with Crippen LogP contribution in [-0.2, 0) is 9.53 Å². The van der Waals surface area contributed by atoms with Crippen molar-refractivity contribution in [2.75, 3.05) is 38.6 Å². The maximum Gasteiger partial charge on any atom is 0.340 e. The molecule has 0 bridgehead atoms. The highest BCUT2D eigenvalue weighted by molar-refractivity contribution is 6.07. The fourth-order valence-corrected chi connectivity index (χ4v) is 3.03. The Balaban J connectivity index is 1.78. The molecule has 13 heteroatoms. The molecule has 1 aromatic heterocycles. The van der Waals surface area contributed by atoms with E-state index in [1.165, 1.54) is 64.0 Å². The lowest BCUT2D eigenvalue weighted by atomic mass is 10.1. The van der Waals surface area contributed by atoms with Crippen molar-refractivity contribution in [2.45, 2.75) is 0 Å². The Hall–Kier alpha value is -5.07. The molecule has 0 aliphatic rings. The molecule has 2 N–H and O–H groups in total. The summed E-state index contributed by atoms with van der Waals surface area (Å²) in [5.74, 6) is -1.87. The number of methoxy groups -OCH3 is 3. The van der Waals surface area contributed by atoms with Gasteiger partial charge in [0.2, 0.25) is 0 Å². The van der Waals surface area contributed by atoms with Gasteiger partial charge in [-0.3, -0.25) is 19.7 Å². The first-order valence-corrected chi connectivity index (χ1v) is 10.2. The van der Waals surface area contributed by atoms with Gasteiger partial charge in [-0.1, -0.05) is 0 Å². The van der Waals surface area contributed by atoms with Gasteiger partial charge in [-0.25, -0.2) is 4.79 Å². The van der Waals surface area contributed by atoms with Crippen molar-refractivity contribution >= 4 is 34.8 Å². The standard InChI is InChI=1S/C23H21N3O10/c1-32-13-6-7-15(17(9-13)26(30)31)24-21(27)12-36-23(29)14-10-19(33-2)20(34-3)11-16(14)25-22(28)18-5-4-8-35-18/h4-11H,12H2,1-3H3,(H,24,27)(H,25,28). The number of nitrogens with one attached hydrogen (secondary N) is 2. The summed E-state index contributed by atoms with van der Waals surface area (Å²) >= 11 is 0. The van der Waals surface area contributed by atoms with E-state index in [0.717, 1.165) is 6.07 Å². The van der Waals surface area contributed by atoms with Crippen LogP contribution in [0.4, 0.5) is 17.1 Å². The van der Waals surface area contributed by atoms with Crippen LogP contribution in [0.15, 0.2) is 53.1 Å². The van der Waals surface area contributed by atoms with Crippen LogP contribution in [0, 0.1) is 10.1 Å². The Kier molecular flexibility index (Phi) is 8.07. The molecule has 0 saturated carbocycles. The lowest BCUT2D eigenvalue weighted by Crippen LogP contribution is -2.22. The van der Waals surface area contributed by atoms with E-state index in [2.05, 4.69) is 10.6 Å². The number of amides is 2. The zero-order valence-corrected chi connectivity index (χ0v) is 19.4. The average molecular weight is 499 g/mol. The van der Waals surface area contributed by atoms with Crippen molar-refractivity contribution in [3.05, 3.63) is 70.2 Å². The smallest absolute Gasteiger partial charge is 0.340 e. The maximum absolute atomic E-state index is 12.8. The van der Waals surface area contributed by atoms with Crippen LogP contribution in [0.3, 0.4) is 0 Å². The predicted molar refractivity (Wildman–Crippen MR) is 125 cm³/mol. The van der Waals surface area contributed by atoms with Crippen LogP contribution < -0.4 is 24.8 Å². The number of furan rings is 1.